The van der Waals surface area contributed by atoms with E-state index in [0.717, 1.165) is 40.7 Å². The third-order valence-corrected chi connectivity index (χ3v) is 6.13. The molecule has 1 amide bonds. The second-order valence-corrected chi connectivity index (χ2v) is 8.18. The van der Waals surface area contributed by atoms with Gasteiger partial charge in [-0.2, -0.15) is 0 Å². The van der Waals surface area contributed by atoms with Crippen molar-refractivity contribution in [2.45, 2.75) is 25.7 Å². The van der Waals surface area contributed by atoms with Gasteiger partial charge in [0.1, 0.15) is 11.5 Å². The van der Waals surface area contributed by atoms with E-state index in [0.29, 0.717) is 18.0 Å². The summed E-state index contributed by atoms with van der Waals surface area (Å²) in [7, 11) is 0. The summed E-state index contributed by atoms with van der Waals surface area (Å²) in [6, 6.07) is 9.55. The topological polar surface area (TPSA) is 76.5 Å². The van der Waals surface area contributed by atoms with Gasteiger partial charge in [-0.3, -0.25) is 9.20 Å². The van der Waals surface area contributed by atoms with E-state index < -0.39 is 0 Å². The minimum atomic E-state index is -0.0231. The largest absolute Gasteiger partial charge is 0.462 e. The number of pyridine rings is 1. The first-order valence-corrected chi connectivity index (χ1v) is 10.1. The number of furan rings is 1. The number of carbonyl (C=O) groups excluding carboxylic acids is 1. The lowest BCUT2D eigenvalue weighted by atomic mass is 9.97. The number of carbonyl (C=O) groups is 1. The minimum Gasteiger partial charge on any atom is -0.462 e. The molecular formula is C20H19N5O2S. The molecule has 0 bridgehead atoms. The Kier molecular flexibility index (Phi) is 4.20. The van der Waals surface area contributed by atoms with Gasteiger partial charge in [0.15, 0.2) is 16.4 Å². The molecule has 4 aromatic rings. The number of hydrogen-bond acceptors (Lipinski definition) is 6. The molecule has 0 radical (unpaired) electrons. The normalized spacial score (nSPS) is 17.3. The van der Waals surface area contributed by atoms with Gasteiger partial charge in [-0.15, -0.1) is 21.5 Å². The number of rotatable bonds is 3. The maximum absolute atomic E-state index is 13.2. The van der Waals surface area contributed by atoms with Crippen LogP contribution in [0, 0.1) is 6.92 Å². The Balaban J connectivity index is 1.40. The highest BCUT2D eigenvalue weighted by molar-refractivity contribution is 7.15. The van der Waals surface area contributed by atoms with E-state index in [1.807, 2.05) is 52.8 Å². The van der Waals surface area contributed by atoms with Crippen LogP contribution < -0.4 is 0 Å². The van der Waals surface area contributed by atoms with Crippen LogP contribution in [0.1, 0.15) is 39.9 Å². The minimum absolute atomic E-state index is 0.0231. The van der Waals surface area contributed by atoms with Gasteiger partial charge in [0.25, 0.3) is 5.91 Å². The Hall–Kier alpha value is -3.00. The van der Waals surface area contributed by atoms with Gasteiger partial charge in [-0.1, -0.05) is 6.07 Å². The molecule has 7 nitrogen and oxygen atoms in total. The third-order valence-electron chi connectivity index (χ3n) is 5.14. The van der Waals surface area contributed by atoms with Gasteiger partial charge < -0.3 is 9.32 Å². The van der Waals surface area contributed by atoms with Crippen molar-refractivity contribution in [2.75, 3.05) is 13.1 Å². The van der Waals surface area contributed by atoms with Crippen molar-refractivity contribution in [3.05, 3.63) is 59.2 Å². The molecule has 8 heteroatoms. The first kappa shape index (κ1) is 17.1. The van der Waals surface area contributed by atoms with Crippen LogP contribution in [0.3, 0.4) is 0 Å². The summed E-state index contributed by atoms with van der Waals surface area (Å²) < 4.78 is 7.44. The molecule has 0 N–H and O–H groups in total. The van der Waals surface area contributed by atoms with Gasteiger partial charge >= 0.3 is 0 Å². The number of aromatic nitrogens is 4. The number of piperidine rings is 1. The standard InChI is InChI=1S/C20H19N5O2S/c1-13-17(21-19(28-13)15-7-5-11-27-15)20(26)24-9-4-6-14(12-24)18-23-22-16-8-2-3-10-25(16)18/h2-3,5,7-8,10-11,14H,4,6,9,12H2,1H3/t14-/m0/s1. The Labute approximate surface area is 165 Å². The quantitative estimate of drug-likeness (QED) is 0.529. The van der Waals surface area contributed by atoms with Crippen molar-refractivity contribution < 1.29 is 9.21 Å². The van der Waals surface area contributed by atoms with Crippen LogP contribution in [0.2, 0.25) is 0 Å². The summed E-state index contributed by atoms with van der Waals surface area (Å²) in [4.78, 5) is 20.5. The Bertz CT molecular complexity index is 1130. The number of thiazole rings is 1. The highest BCUT2D eigenvalue weighted by Crippen LogP contribution is 2.31. The van der Waals surface area contributed by atoms with Crippen LogP contribution in [0.4, 0.5) is 0 Å². The van der Waals surface area contributed by atoms with Crippen molar-refractivity contribution in [1.29, 1.82) is 0 Å². The molecule has 1 saturated heterocycles. The van der Waals surface area contributed by atoms with E-state index in [9.17, 15) is 4.79 Å². The van der Waals surface area contributed by atoms with Gasteiger partial charge in [0.05, 0.1) is 6.26 Å². The lowest BCUT2D eigenvalue weighted by Crippen LogP contribution is -2.40. The number of nitrogens with zero attached hydrogens (tertiary/aromatic N) is 5. The predicted molar refractivity (Wildman–Crippen MR) is 105 cm³/mol. The van der Waals surface area contributed by atoms with Crippen molar-refractivity contribution >= 4 is 22.9 Å². The fourth-order valence-electron chi connectivity index (χ4n) is 3.76. The molecule has 0 saturated carbocycles. The van der Waals surface area contributed by atoms with Crippen molar-refractivity contribution in [3.63, 3.8) is 0 Å². The highest BCUT2D eigenvalue weighted by Gasteiger charge is 2.30. The molecule has 28 heavy (non-hydrogen) atoms. The van der Waals surface area contributed by atoms with Crippen LogP contribution in [0.25, 0.3) is 16.4 Å². The summed E-state index contributed by atoms with van der Waals surface area (Å²) in [5.41, 5.74) is 1.35. The second kappa shape index (κ2) is 6.87. The van der Waals surface area contributed by atoms with E-state index in [2.05, 4.69) is 15.2 Å². The van der Waals surface area contributed by atoms with E-state index in [-0.39, 0.29) is 11.8 Å². The maximum atomic E-state index is 13.2. The molecular weight excluding hydrogens is 374 g/mol. The molecule has 1 atom stereocenters. The molecule has 5 rings (SSSR count). The maximum Gasteiger partial charge on any atom is 0.273 e. The summed E-state index contributed by atoms with van der Waals surface area (Å²) >= 11 is 1.49. The van der Waals surface area contributed by atoms with Gasteiger partial charge in [0.2, 0.25) is 0 Å². The number of hydrogen-bond donors (Lipinski definition) is 0. The fourth-order valence-corrected chi connectivity index (χ4v) is 4.63. The molecule has 0 spiro atoms. The Morgan fingerprint density at radius 2 is 2.18 bits per heavy atom. The van der Waals surface area contributed by atoms with Crippen molar-refractivity contribution in [3.8, 4) is 10.8 Å². The fraction of sp³-hybridized carbons (Fsp3) is 0.300. The summed E-state index contributed by atoms with van der Waals surface area (Å²) in [5, 5.41) is 9.38. The highest BCUT2D eigenvalue weighted by atomic mass is 32.1. The van der Waals surface area contributed by atoms with Crippen LogP contribution in [0.15, 0.2) is 47.2 Å². The molecule has 1 fully saturated rings. The summed E-state index contributed by atoms with van der Waals surface area (Å²) in [6.07, 6.45) is 5.52. The van der Waals surface area contributed by atoms with Crippen LogP contribution in [0.5, 0.6) is 0 Å². The van der Waals surface area contributed by atoms with Crippen molar-refractivity contribution in [2.24, 2.45) is 0 Å². The zero-order valence-corrected chi connectivity index (χ0v) is 16.2. The molecule has 0 aromatic carbocycles. The number of likely N-dealkylation sites (tertiary alicyclic amines) is 1. The smallest absolute Gasteiger partial charge is 0.273 e. The second-order valence-electron chi connectivity index (χ2n) is 6.98. The van der Waals surface area contributed by atoms with E-state index >= 15 is 0 Å². The first-order chi connectivity index (χ1) is 13.7. The summed E-state index contributed by atoms with van der Waals surface area (Å²) in [6.45, 7) is 3.30. The Morgan fingerprint density at radius 1 is 1.25 bits per heavy atom. The number of fused-ring (bicyclic) bond motifs is 1. The van der Waals surface area contributed by atoms with E-state index in [4.69, 9.17) is 4.42 Å². The molecule has 5 heterocycles. The molecule has 4 aromatic heterocycles. The molecule has 1 aliphatic rings. The lowest BCUT2D eigenvalue weighted by Gasteiger charge is -2.31. The lowest BCUT2D eigenvalue weighted by molar-refractivity contribution is 0.0698. The van der Waals surface area contributed by atoms with Gasteiger partial charge in [-0.25, -0.2) is 4.98 Å². The van der Waals surface area contributed by atoms with E-state index in [1.54, 1.807) is 6.26 Å². The zero-order chi connectivity index (χ0) is 19.1. The molecule has 0 aliphatic carbocycles. The predicted octanol–water partition coefficient (Wildman–Crippen LogP) is 3.77. The SMILES string of the molecule is Cc1sc(-c2ccco2)nc1C(=O)N1CCC[C@H](c2nnc3ccccn23)C1. The van der Waals surface area contributed by atoms with Crippen LogP contribution >= 0.6 is 11.3 Å². The van der Waals surface area contributed by atoms with Crippen LogP contribution in [-0.2, 0) is 0 Å². The third kappa shape index (κ3) is 2.90. The van der Waals surface area contributed by atoms with E-state index in [1.165, 1.54) is 11.3 Å². The Morgan fingerprint density at radius 3 is 3.04 bits per heavy atom. The number of amides is 1. The first-order valence-electron chi connectivity index (χ1n) is 9.31. The monoisotopic (exact) mass is 393 g/mol. The van der Waals surface area contributed by atoms with Crippen LogP contribution in [-0.4, -0.2) is 43.5 Å². The zero-order valence-electron chi connectivity index (χ0n) is 15.4. The molecule has 142 valence electrons. The average molecular weight is 393 g/mol. The van der Waals surface area contributed by atoms with Gasteiger partial charge in [-0.05, 0) is 44.0 Å². The number of aryl methyl sites for hydroxylation is 1. The van der Waals surface area contributed by atoms with Crippen molar-refractivity contribution in [1.82, 2.24) is 24.5 Å². The molecule has 0 unspecified atom stereocenters. The molecule has 1 aliphatic heterocycles. The summed E-state index contributed by atoms with van der Waals surface area (Å²) in [5.74, 6) is 1.75. The average Bonchev–Trinajstić information content (AvgIpc) is 3.47. The van der Waals surface area contributed by atoms with Gasteiger partial charge in [0, 0.05) is 30.1 Å².